The van der Waals surface area contributed by atoms with Gasteiger partial charge in [0.25, 0.3) is 0 Å². The molecule has 1 aliphatic rings. The van der Waals surface area contributed by atoms with Crippen LogP contribution < -0.4 is 5.32 Å². The highest BCUT2D eigenvalue weighted by Gasteiger charge is 2.14. The number of nitrogens with one attached hydrogen (secondary N) is 1. The maximum absolute atomic E-state index is 11.2. The monoisotopic (exact) mass is 216 g/mol. The van der Waals surface area contributed by atoms with Crippen LogP contribution in [0, 0.1) is 0 Å². The summed E-state index contributed by atoms with van der Waals surface area (Å²) in [6.45, 7) is 0.351. The van der Waals surface area contributed by atoms with Crippen molar-refractivity contribution in [2.45, 2.75) is 0 Å². The van der Waals surface area contributed by atoms with Gasteiger partial charge in [0.1, 0.15) is 5.84 Å². The topological polar surface area (TPSA) is 50.7 Å². The molecule has 16 heavy (non-hydrogen) atoms. The zero-order valence-corrected chi connectivity index (χ0v) is 8.93. The molecule has 0 saturated heterocycles. The van der Waals surface area contributed by atoms with Gasteiger partial charge in [0, 0.05) is 11.8 Å². The maximum Gasteiger partial charge on any atom is 0.337 e. The molecule has 0 bridgehead atoms. The third-order valence-electron chi connectivity index (χ3n) is 2.29. The highest BCUT2D eigenvalue weighted by Crippen LogP contribution is 2.06. The Morgan fingerprint density at radius 2 is 2.12 bits per heavy atom. The van der Waals surface area contributed by atoms with Crippen LogP contribution in [0.1, 0.15) is 5.56 Å². The Balaban J connectivity index is 2.10. The second-order valence-electron chi connectivity index (χ2n) is 3.34. The lowest BCUT2D eigenvalue weighted by molar-refractivity contribution is -0.136. The van der Waals surface area contributed by atoms with E-state index in [0.29, 0.717) is 12.1 Å². The quantitative estimate of drug-likeness (QED) is 0.753. The molecule has 1 aliphatic heterocycles. The van der Waals surface area contributed by atoms with Crippen molar-refractivity contribution < 1.29 is 9.53 Å². The van der Waals surface area contributed by atoms with E-state index in [1.165, 1.54) is 7.11 Å². The summed E-state index contributed by atoms with van der Waals surface area (Å²) >= 11 is 0. The lowest BCUT2D eigenvalue weighted by Gasteiger charge is -2.13. The predicted octanol–water partition coefficient (Wildman–Crippen LogP) is 1.09. The Labute approximate surface area is 93.6 Å². The van der Waals surface area contributed by atoms with Gasteiger partial charge in [-0.15, -0.1) is 0 Å². The van der Waals surface area contributed by atoms with Crippen LogP contribution in [0.2, 0.25) is 0 Å². The van der Waals surface area contributed by atoms with Crippen molar-refractivity contribution in [2.24, 2.45) is 4.99 Å². The number of amidine groups is 1. The Bertz CT molecular complexity index is 449. The molecule has 0 aliphatic carbocycles. The van der Waals surface area contributed by atoms with Crippen molar-refractivity contribution >= 4 is 11.8 Å². The van der Waals surface area contributed by atoms with Crippen molar-refractivity contribution in [1.82, 2.24) is 5.32 Å². The molecule has 0 amide bonds. The van der Waals surface area contributed by atoms with Crippen LogP contribution in [0.25, 0.3) is 0 Å². The number of aliphatic imine (C=N–C) groups is 1. The van der Waals surface area contributed by atoms with Crippen molar-refractivity contribution in [1.29, 1.82) is 0 Å². The fraction of sp³-hybridized carbons (Fsp3) is 0.167. The van der Waals surface area contributed by atoms with E-state index < -0.39 is 0 Å². The summed E-state index contributed by atoms with van der Waals surface area (Å²) in [5.74, 6) is 0.427. The summed E-state index contributed by atoms with van der Waals surface area (Å²) in [5.41, 5.74) is 1.53. The molecule has 1 aromatic carbocycles. The lowest BCUT2D eigenvalue weighted by atomic mass is 10.2. The molecule has 0 unspecified atom stereocenters. The van der Waals surface area contributed by atoms with Gasteiger partial charge in [0.05, 0.1) is 19.2 Å². The number of hydrogen-bond donors (Lipinski definition) is 1. The van der Waals surface area contributed by atoms with Gasteiger partial charge in [-0.25, -0.2) is 4.79 Å². The number of ether oxygens (including phenoxy) is 1. The minimum Gasteiger partial charge on any atom is -0.466 e. The van der Waals surface area contributed by atoms with Crippen molar-refractivity contribution in [3.05, 3.63) is 47.7 Å². The minimum absolute atomic E-state index is 0.344. The van der Waals surface area contributed by atoms with E-state index in [-0.39, 0.29) is 5.97 Å². The normalized spacial score (nSPS) is 14.6. The van der Waals surface area contributed by atoms with Crippen LogP contribution in [-0.4, -0.2) is 25.5 Å². The number of benzene rings is 1. The molecule has 2 rings (SSSR count). The van der Waals surface area contributed by atoms with E-state index in [4.69, 9.17) is 0 Å². The van der Waals surface area contributed by atoms with Crippen LogP contribution in [-0.2, 0) is 9.53 Å². The van der Waals surface area contributed by atoms with E-state index in [2.05, 4.69) is 15.0 Å². The summed E-state index contributed by atoms with van der Waals surface area (Å²) in [6.07, 6.45) is 1.64. The van der Waals surface area contributed by atoms with Crippen LogP contribution in [0.3, 0.4) is 0 Å². The molecule has 1 heterocycles. The molecule has 1 aromatic rings. The molecule has 0 aromatic heterocycles. The fourth-order valence-electron chi connectivity index (χ4n) is 1.44. The molecule has 4 heteroatoms. The maximum atomic E-state index is 11.2. The first-order valence-electron chi connectivity index (χ1n) is 4.95. The highest BCUT2D eigenvalue weighted by atomic mass is 16.5. The number of hydrogen-bond acceptors (Lipinski definition) is 4. The van der Waals surface area contributed by atoms with E-state index in [9.17, 15) is 4.79 Å². The highest BCUT2D eigenvalue weighted by molar-refractivity contribution is 6.02. The van der Waals surface area contributed by atoms with Gasteiger partial charge in [-0.1, -0.05) is 30.3 Å². The summed E-state index contributed by atoms with van der Waals surface area (Å²) in [7, 11) is 1.36. The number of nitrogens with zero attached hydrogens (tertiary/aromatic N) is 1. The molecule has 0 spiro atoms. The van der Waals surface area contributed by atoms with E-state index in [1.54, 1.807) is 6.20 Å². The van der Waals surface area contributed by atoms with Gasteiger partial charge in [0.15, 0.2) is 0 Å². The molecule has 4 nitrogen and oxygen atoms in total. The average Bonchev–Trinajstić information content (AvgIpc) is 2.39. The Kier molecular flexibility index (Phi) is 3.00. The van der Waals surface area contributed by atoms with E-state index >= 15 is 0 Å². The van der Waals surface area contributed by atoms with Crippen molar-refractivity contribution in [3.8, 4) is 0 Å². The summed E-state index contributed by atoms with van der Waals surface area (Å²) in [4.78, 5) is 15.5. The van der Waals surface area contributed by atoms with Gasteiger partial charge >= 0.3 is 5.97 Å². The molecular formula is C12H12N2O2. The molecule has 0 atom stereocenters. The standard InChI is InChI=1S/C12H12N2O2/c1-16-12(15)10-7-13-11(14-8-10)9-5-3-2-4-6-9/h2-7H,8H2,1H3,(H,13,14). The summed E-state index contributed by atoms with van der Waals surface area (Å²) < 4.78 is 4.61. The summed E-state index contributed by atoms with van der Waals surface area (Å²) in [5, 5.41) is 2.99. The number of methoxy groups -OCH3 is 1. The predicted molar refractivity (Wildman–Crippen MR) is 61.1 cm³/mol. The number of esters is 1. The van der Waals surface area contributed by atoms with Gasteiger partial charge in [0.2, 0.25) is 0 Å². The molecular weight excluding hydrogens is 204 g/mol. The van der Waals surface area contributed by atoms with Gasteiger partial charge < -0.3 is 10.1 Å². The van der Waals surface area contributed by atoms with Crippen LogP contribution in [0.15, 0.2) is 47.1 Å². The average molecular weight is 216 g/mol. The molecule has 0 saturated carbocycles. The first-order valence-corrected chi connectivity index (χ1v) is 4.95. The second-order valence-corrected chi connectivity index (χ2v) is 3.34. The largest absolute Gasteiger partial charge is 0.466 e. The number of carbonyl (C=O) groups excluding carboxylic acids is 1. The Hall–Kier alpha value is -2.10. The second kappa shape index (κ2) is 4.61. The SMILES string of the molecule is COC(=O)C1=CNC(c2ccccc2)=NC1. The Morgan fingerprint density at radius 1 is 1.38 bits per heavy atom. The zero-order valence-electron chi connectivity index (χ0n) is 8.93. The van der Waals surface area contributed by atoms with Crippen LogP contribution in [0.5, 0.6) is 0 Å². The molecule has 1 N–H and O–H groups in total. The number of carbonyl (C=O) groups is 1. The van der Waals surface area contributed by atoms with E-state index in [0.717, 1.165) is 11.4 Å². The zero-order chi connectivity index (χ0) is 11.4. The van der Waals surface area contributed by atoms with Crippen molar-refractivity contribution in [2.75, 3.05) is 13.7 Å². The van der Waals surface area contributed by atoms with Crippen LogP contribution in [0.4, 0.5) is 0 Å². The third-order valence-corrected chi connectivity index (χ3v) is 2.29. The first kappa shape index (κ1) is 10.4. The van der Waals surface area contributed by atoms with Gasteiger partial charge in [-0.05, 0) is 0 Å². The molecule has 0 fully saturated rings. The van der Waals surface area contributed by atoms with Crippen LogP contribution >= 0.6 is 0 Å². The van der Waals surface area contributed by atoms with Gasteiger partial charge in [-0.3, -0.25) is 4.99 Å². The number of rotatable bonds is 2. The fourth-order valence-corrected chi connectivity index (χ4v) is 1.44. The molecule has 82 valence electrons. The third kappa shape index (κ3) is 2.11. The summed E-state index contributed by atoms with van der Waals surface area (Å²) in [6, 6.07) is 9.76. The van der Waals surface area contributed by atoms with E-state index in [1.807, 2.05) is 30.3 Å². The first-order chi connectivity index (χ1) is 7.81. The minimum atomic E-state index is -0.344. The Morgan fingerprint density at radius 3 is 2.69 bits per heavy atom. The lowest BCUT2D eigenvalue weighted by Crippen LogP contribution is -2.26. The molecule has 0 radical (unpaired) electrons. The van der Waals surface area contributed by atoms with Gasteiger partial charge in [-0.2, -0.15) is 0 Å². The van der Waals surface area contributed by atoms with Crippen molar-refractivity contribution in [3.63, 3.8) is 0 Å². The smallest absolute Gasteiger partial charge is 0.337 e.